The second kappa shape index (κ2) is 5.74. The van der Waals surface area contributed by atoms with E-state index in [4.69, 9.17) is 5.73 Å². The van der Waals surface area contributed by atoms with Crippen LogP contribution in [0.4, 0.5) is 5.69 Å². The van der Waals surface area contributed by atoms with E-state index in [1.165, 1.54) is 0 Å². The van der Waals surface area contributed by atoms with Crippen molar-refractivity contribution in [1.29, 1.82) is 0 Å². The van der Waals surface area contributed by atoms with Crippen molar-refractivity contribution in [3.8, 4) is 0 Å². The summed E-state index contributed by atoms with van der Waals surface area (Å²) in [6.07, 6.45) is 0. The van der Waals surface area contributed by atoms with Gasteiger partial charge in [0.25, 0.3) is 0 Å². The fourth-order valence-electron chi connectivity index (χ4n) is 2.53. The second-order valence-electron chi connectivity index (χ2n) is 5.73. The zero-order valence-corrected chi connectivity index (χ0v) is 14.7. The molecule has 0 atom stereocenters. The summed E-state index contributed by atoms with van der Waals surface area (Å²) in [6, 6.07) is 9.53. The molecule has 5 heteroatoms. The summed E-state index contributed by atoms with van der Waals surface area (Å²) in [5.41, 5.74) is 11.0. The van der Waals surface area contributed by atoms with Crippen molar-refractivity contribution in [2.45, 2.75) is 20.8 Å². The summed E-state index contributed by atoms with van der Waals surface area (Å²) >= 11 is 3.49. The van der Waals surface area contributed by atoms with Crippen molar-refractivity contribution in [2.75, 3.05) is 5.73 Å². The Morgan fingerprint density at radius 3 is 2.52 bits per heavy atom. The number of rotatable bonds is 2. The average Bonchev–Trinajstić information content (AvgIpc) is 2.51. The van der Waals surface area contributed by atoms with Crippen LogP contribution in [-0.2, 0) is 0 Å². The van der Waals surface area contributed by atoms with Crippen LogP contribution in [0.1, 0.15) is 32.7 Å². The largest absolute Gasteiger partial charge is 0.396 e. The van der Waals surface area contributed by atoms with E-state index < -0.39 is 0 Å². The zero-order valence-electron chi connectivity index (χ0n) is 13.1. The van der Waals surface area contributed by atoms with Gasteiger partial charge in [-0.3, -0.25) is 4.79 Å². The molecule has 0 aliphatic rings. The molecule has 0 bridgehead atoms. The lowest BCUT2D eigenvalue weighted by Gasteiger charge is -2.10. The van der Waals surface area contributed by atoms with Crippen LogP contribution in [0, 0.1) is 20.8 Å². The molecule has 0 amide bonds. The molecular formula is C18H16BrN3O. The van der Waals surface area contributed by atoms with E-state index in [-0.39, 0.29) is 11.5 Å². The monoisotopic (exact) mass is 369 g/mol. The molecule has 0 radical (unpaired) electrons. The van der Waals surface area contributed by atoms with Crippen molar-refractivity contribution in [3.05, 3.63) is 62.8 Å². The third kappa shape index (κ3) is 2.72. The van der Waals surface area contributed by atoms with Gasteiger partial charge in [0.05, 0.1) is 11.2 Å². The molecule has 2 N–H and O–H groups in total. The van der Waals surface area contributed by atoms with Crippen molar-refractivity contribution in [2.24, 2.45) is 0 Å². The number of hydrogen-bond donors (Lipinski definition) is 1. The Balaban J connectivity index is 2.20. The van der Waals surface area contributed by atoms with Gasteiger partial charge in [-0.25, -0.2) is 0 Å². The van der Waals surface area contributed by atoms with Gasteiger partial charge in [-0.05, 0) is 50.1 Å². The summed E-state index contributed by atoms with van der Waals surface area (Å²) < 4.78 is 0.926. The fraction of sp³-hybridized carbons (Fsp3) is 0.167. The first-order valence-electron chi connectivity index (χ1n) is 7.22. The van der Waals surface area contributed by atoms with Crippen LogP contribution >= 0.6 is 15.9 Å². The Labute approximate surface area is 142 Å². The standard InChI is InChI=1S/C18H16BrN3O/c1-9-4-5-10(2)12(6-9)18(23)17-16(20)13-8-14(19)11(3)7-15(13)21-22-17/h4-8H,1-3H3,(H2,20,21). The number of nitrogens with two attached hydrogens (primary N) is 1. The molecule has 0 fully saturated rings. The number of anilines is 1. The van der Waals surface area contributed by atoms with Crippen molar-refractivity contribution >= 4 is 38.3 Å². The Morgan fingerprint density at radius 2 is 1.78 bits per heavy atom. The highest BCUT2D eigenvalue weighted by atomic mass is 79.9. The molecular weight excluding hydrogens is 354 g/mol. The van der Waals surface area contributed by atoms with Crippen molar-refractivity contribution in [1.82, 2.24) is 10.2 Å². The van der Waals surface area contributed by atoms with Gasteiger partial charge in [0.1, 0.15) is 0 Å². The van der Waals surface area contributed by atoms with E-state index in [1.54, 1.807) is 0 Å². The average molecular weight is 370 g/mol. The summed E-state index contributed by atoms with van der Waals surface area (Å²) in [7, 11) is 0. The van der Waals surface area contributed by atoms with E-state index in [0.717, 1.165) is 26.5 Å². The first-order chi connectivity index (χ1) is 10.9. The van der Waals surface area contributed by atoms with Gasteiger partial charge in [-0.2, -0.15) is 0 Å². The zero-order chi connectivity index (χ0) is 16.7. The Hall–Kier alpha value is -2.27. The van der Waals surface area contributed by atoms with Crippen LogP contribution < -0.4 is 5.73 Å². The van der Waals surface area contributed by atoms with Crippen molar-refractivity contribution in [3.63, 3.8) is 0 Å². The molecule has 1 heterocycles. The second-order valence-corrected chi connectivity index (χ2v) is 6.58. The third-order valence-corrected chi connectivity index (χ3v) is 4.79. The maximum absolute atomic E-state index is 12.8. The van der Waals surface area contributed by atoms with E-state index in [1.807, 2.05) is 51.1 Å². The predicted molar refractivity (Wildman–Crippen MR) is 95.7 cm³/mol. The van der Waals surface area contributed by atoms with E-state index in [0.29, 0.717) is 16.8 Å². The topological polar surface area (TPSA) is 68.9 Å². The molecule has 23 heavy (non-hydrogen) atoms. The summed E-state index contributed by atoms with van der Waals surface area (Å²) in [6.45, 7) is 5.82. The number of ketones is 1. The smallest absolute Gasteiger partial charge is 0.215 e. The third-order valence-electron chi connectivity index (χ3n) is 3.93. The number of carbonyl (C=O) groups excluding carboxylic acids is 1. The maximum atomic E-state index is 12.8. The quantitative estimate of drug-likeness (QED) is 0.689. The van der Waals surface area contributed by atoms with Crippen LogP contribution in [-0.4, -0.2) is 16.0 Å². The van der Waals surface area contributed by atoms with Crippen LogP contribution in [0.25, 0.3) is 10.9 Å². The van der Waals surface area contributed by atoms with Gasteiger partial charge in [0, 0.05) is 15.4 Å². The first kappa shape index (κ1) is 15.6. The van der Waals surface area contributed by atoms with Crippen molar-refractivity contribution < 1.29 is 4.79 Å². The Morgan fingerprint density at radius 1 is 1.04 bits per heavy atom. The van der Waals surface area contributed by atoms with Crippen LogP contribution in [0.15, 0.2) is 34.8 Å². The van der Waals surface area contributed by atoms with E-state index in [9.17, 15) is 4.79 Å². The maximum Gasteiger partial charge on any atom is 0.215 e. The number of aryl methyl sites for hydroxylation is 3. The molecule has 2 aromatic carbocycles. The number of halogens is 1. The Bertz CT molecular complexity index is 951. The van der Waals surface area contributed by atoms with E-state index >= 15 is 0 Å². The number of hydrogen-bond acceptors (Lipinski definition) is 4. The molecule has 3 rings (SSSR count). The van der Waals surface area contributed by atoms with Gasteiger partial charge in [0.2, 0.25) is 5.78 Å². The summed E-state index contributed by atoms with van der Waals surface area (Å²) in [5, 5.41) is 8.98. The lowest BCUT2D eigenvalue weighted by Crippen LogP contribution is -2.11. The minimum atomic E-state index is -0.199. The molecule has 0 spiro atoms. The molecule has 1 aromatic heterocycles. The van der Waals surface area contributed by atoms with Gasteiger partial charge in [0.15, 0.2) is 5.69 Å². The first-order valence-corrected chi connectivity index (χ1v) is 8.01. The number of nitrogens with zero attached hydrogens (tertiary/aromatic N) is 2. The van der Waals surface area contributed by atoms with Gasteiger partial charge >= 0.3 is 0 Å². The number of benzene rings is 2. The highest BCUT2D eigenvalue weighted by molar-refractivity contribution is 9.10. The molecule has 4 nitrogen and oxygen atoms in total. The molecule has 0 aliphatic carbocycles. The highest BCUT2D eigenvalue weighted by Crippen LogP contribution is 2.29. The van der Waals surface area contributed by atoms with Gasteiger partial charge in [-0.15, -0.1) is 10.2 Å². The summed E-state index contributed by atoms with van der Waals surface area (Å²) in [4.78, 5) is 12.8. The molecule has 116 valence electrons. The highest BCUT2D eigenvalue weighted by Gasteiger charge is 2.19. The lowest BCUT2D eigenvalue weighted by atomic mass is 9.98. The molecule has 0 unspecified atom stereocenters. The minimum Gasteiger partial charge on any atom is -0.396 e. The SMILES string of the molecule is Cc1ccc(C)c(C(=O)c2nnc3cc(C)c(Br)cc3c2N)c1. The van der Waals surface area contributed by atoms with Crippen LogP contribution in [0.3, 0.4) is 0 Å². The Kier molecular flexibility index (Phi) is 3.90. The predicted octanol–water partition coefficient (Wildman–Crippen LogP) is 4.13. The molecule has 0 aliphatic heterocycles. The van der Waals surface area contributed by atoms with Gasteiger partial charge in [-0.1, -0.05) is 33.6 Å². The number of fused-ring (bicyclic) bond motifs is 1. The fourth-order valence-corrected chi connectivity index (χ4v) is 2.87. The number of nitrogen functional groups attached to an aromatic ring is 1. The summed E-state index contributed by atoms with van der Waals surface area (Å²) in [5.74, 6) is -0.199. The molecule has 3 aromatic rings. The number of carbonyl (C=O) groups is 1. The lowest BCUT2D eigenvalue weighted by molar-refractivity contribution is 0.103. The minimum absolute atomic E-state index is 0.196. The normalized spacial score (nSPS) is 11.0. The molecule has 0 saturated heterocycles. The van der Waals surface area contributed by atoms with Gasteiger partial charge < -0.3 is 5.73 Å². The number of aromatic nitrogens is 2. The van der Waals surface area contributed by atoms with E-state index in [2.05, 4.69) is 26.1 Å². The van der Waals surface area contributed by atoms with Crippen LogP contribution in [0.5, 0.6) is 0 Å². The molecule has 0 saturated carbocycles. The van der Waals surface area contributed by atoms with Crippen LogP contribution in [0.2, 0.25) is 0 Å².